The molecule has 0 spiro atoms. The third-order valence-electron chi connectivity index (χ3n) is 3.98. The maximum atomic E-state index is 12.5. The number of amides is 1. The molecule has 6 heteroatoms. The van der Waals surface area contributed by atoms with Crippen LogP contribution in [-0.4, -0.2) is 18.5 Å². The molecule has 1 aromatic carbocycles. The van der Waals surface area contributed by atoms with Gasteiger partial charge >= 0.3 is 0 Å². The van der Waals surface area contributed by atoms with Crippen molar-refractivity contribution in [1.82, 2.24) is 5.32 Å². The molecule has 1 aliphatic rings. The first kappa shape index (κ1) is 15.4. The van der Waals surface area contributed by atoms with Gasteiger partial charge < -0.3 is 14.6 Å². The number of rotatable bonds is 4. The lowest BCUT2D eigenvalue weighted by atomic mass is 10.1. The summed E-state index contributed by atoms with van der Waals surface area (Å²) in [5.74, 6) is 0.698. The molecule has 1 aromatic heterocycles. The van der Waals surface area contributed by atoms with Gasteiger partial charge in [-0.25, -0.2) is 0 Å². The van der Waals surface area contributed by atoms with Crippen LogP contribution in [0.15, 0.2) is 41.0 Å². The second kappa shape index (κ2) is 6.76. The number of nitrogens with one attached hydrogen (secondary N) is 1. The Balaban J connectivity index is 1.71. The zero-order valence-corrected chi connectivity index (χ0v) is 13.2. The summed E-state index contributed by atoms with van der Waals surface area (Å²) in [6.45, 7) is 1.17. The van der Waals surface area contributed by atoms with Crippen LogP contribution in [0.2, 0.25) is 5.02 Å². The highest BCUT2D eigenvalue weighted by Crippen LogP contribution is 2.29. The van der Waals surface area contributed by atoms with Gasteiger partial charge in [0, 0.05) is 12.2 Å². The molecule has 1 unspecified atom stereocenters. The standard InChI is InChI=1S/C17H16ClN3O2/c18-15-9-13(6-5-12(15)10-19)21-7-1-4-16(21)17(22)20-11-14-3-2-8-23-14/h2-3,5-6,8-9,16H,1,4,7,11H2,(H,20,22). The number of hydrogen-bond acceptors (Lipinski definition) is 4. The molecule has 2 heterocycles. The van der Waals surface area contributed by atoms with E-state index < -0.39 is 0 Å². The van der Waals surface area contributed by atoms with Gasteiger partial charge in [-0.1, -0.05) is 11.6 Å². The molecular formula is C17H16ClN3O2. The van der Waals surface area contributed by atoms with Crippen LogP contribution >= 0.6 is 11.6 Å². The molecule has 1 amide bonds. The van der Waals surface area contributed by atoms with Crippen molar-refractivity contribution in [3.8, 4) is 6.07 Å². The second-order valence-corrected chi connectivity index (χ2v) is 5.83. The second-order valence-electron chi connectivity index (χ2n) is 5.42. The summed E-state index contributed by atoms with van der Waals surface area (Å²) in [4.78, 5) is 14.5. The van der Waals surface area contributed by atoms with E-state index in [1.54, 1.807) is 24.5 Å². The number of carbonyl (C=O) groups excluding carboxylic acids is 1. The number of hydrogen-bond donors (Lipinski definition) is 1. The van der Waals surface area contributed by atoms with E-state index in [9.17, 15) is 4.79 Å². The van der Waals surface area contributed by atoms with Crippen LogP contribution in [0, 0.1) is 11.3 Å². The fraction of sp³-hybridized carbons (Fsp3) is 0.294. The summed E-state index contributed by atoms with van der Waals surface area (Å²) < 4.78 is 5.22. The topological polar surface area (TPSA) is 69.3 Å². The summed E-state index contributed by atoms with van der Waals surface area (Å²) >= 11 is 6.10. The Morgan fingerprint density at radius 2 is 2.35 bits per heavy atom. The Morgan fingerprint density at radius 3 is 3.04 bits per heavy atom. The molecule has 1 saturated heterocycles. The third-order valence-corrected chi connectivity index (χ3v) is 4.29. The van der Waals surface area contributed by atoms with Crippen molar-refractivity contribution in [3.05, 3.63) is 52.9 Å². The SMILES string of the molecule is N#Cc1ccc(N2CCCC2C(=O)NCc2ccco2)cc1Cl. The van der Waals surface area contributed by atoms with Gasteiger partial charge in [-0.15, -0.1) is 0 Å². The summed E-state index contributed by atoms with van der Waals surface area (Å²) in [7, 11) is 0. The van der Waals surface area contributed by atoms with E-state index in [1.807, 2.05) is 23.1 Å². The largest absolute Gasteiger partial charge is 0.467 e. The fourth-order valence-electron chi connectivity index (χ4n) is 2.83. The molecule has 0 bridgehead atoms. The van der Waals surface area contributed by atoms with Crippen molar-refractivity contribution in [3.63, 3.8) is 0 Å². The maximum Gasteiger partial charge on any atom is 0.243 e. The van der Waals surface area contributed by atoms with Gasteiger partial charge in [-0.3, -0.25) is 4.79 Å². The zero-order valence-electron chi connectivity index (χ0n) is 12.5. The normalized spacial score (nSPS) is 17.0. The lowest BCUT2D eigenvalue weighted by Gasteiger charge is -2.26. The van der Waals surface area contributed by atoms with Crippen LogP contribution in [0.4, 0.5) is 5.69 Å². The van der Waals surface area contributed by atoms with Gasteiger partial charge in [0.25, 0.3) is 0 Å². The molecule has 0 radical (unpaired) electrons. The lowest BCUT2D eigenvalue weighted by Crippen LogP contribution is -2.43. The molecule has 1 atom stereocenters. The van der Waals surface area contributed by atoms with Gasteiger partial charge in [0.15, 0.2) is 0 Å². The number of nitrogens with zero attached hydrogens (tertiary/aromatic N) is 2. The fourth-order valence-corrected chi connectivity index (χ4v) is 3.04. The number of carbonyl (C=O) groups is 1. The van der Waals surface area contributed by atoms with E-state index in [2.05, 4.69) is 5.32 Å². The first-order chi connectivity index (χ1) is 11.2. The highest BCUT2D eigenvalue weighted by Gasteiger charge is 2.31. The minimum atomic E-state index is -0.228. The first-order valence-corrected chi connectivity index (χ1v) is 7.83. The Morgan fingerprint density at radius 1 is 1.48 bits per heavy atom. The molecule has 1 fully saturated rings. The van der Waals surface area contributed by atoms with Gasteiger partial charge in [0.2, 0.25) is 5.91 Å². The number of benzene rings is 1. The van der Waals surface area contributed by atoms with E-state index >= 15 is 0 Å². The van der Waals surface area contributed by atoms with Crippen molar-refractivity contribution in [2.75, 3.05) is 11.4 Å². The van der Waals surface area contributed by atoms with Crippen LogP contribution in [0.25, 0.3) is 0 Å². The average Bonchev–Trinajstić information content (AvgIpc) is 3.24. The van der Waals surface area contributed by atoms with Crippen molar-refractivity contribution in [2.24, 2.45) is 0 Å². The van der Waals surface area contributed by atoms with Gasteiger partial charge in [-0.2, -0.15) is 5.26 Å². The van der Waals surface area contributed by atoms with Crippen LogP contribution in [0.5, 0.6) is 0 Å². The van der Waals surface area contributed by atoms with Gasteiger partial charge in [0.1, 0.15) is 17.9 Å². The zero-order chi connectivity index (χ0) is 16.2. The highest BCUT2D eigenvalue weighted by atomic mass is 35.5. The first-order valence-electron chi connectivity index (χ1n) is 7.45. The number of nitriles is 1. The summed E-state index contributed by atoms with van der Waals surface area (Å²) in [5, 5.41) is 12.3. The maximum absolute atomic E-state index is 12.5. The highest BCUT2D eigenvalue weighted by molar-refractivity contribution is 6.32. The molecule has 0 aliphatic carbocycles. The third kappa shape index (κ3) is 3.33. The van der Waals surface area contributed by atoms with Crippen LogP contribution in [-0.2, 0) is 11.3 Å². The molecule has 118 valence electrons. The van der Waals surface area contributed by atoms with Crippen molar-refractivity contribution in [2.45, 2.75) is 25.4 Å². The number of furan rings is 1. The van der Waals surface area contributed by atoms with Crippen LogP contribution in [0.3, 0.4) is 0 Å². The van der Waals surface area contributed by atoms with E-state index in [0.717, 1.165) is 30.8 Å². The summed E-state index contributed by atoms with van der Waals surface area (Å²) in [6, 6.07) is 10.7. The Kier molecular flexibility index (Phi) is 4.54. The molecule has 1 aliphatic heterocycles. The Hall–Kier alpha value is -2.45. The molecule has 5 nitrogen and oxygen atoms in total. The smallest absolute Gasteiger partial charge is 0.243 e. The predicted molar refractivity (Wildman–Crippen MR) is 87.1 cm³/mol. The monoisotopic (exact) mass is 329 g/mol. The predicted octanol–water partition coefficient (Wildman–Crippen LogP) is 3.09. The number of anilines is 1. The van der Waals surface area contributed by atoms with E-state index in [4.69, 9.17) is 21.3 Å². The molecule has 23 heavy (non-hydrogen) atoms. The van der Waals surface area contributed by atoms with Gasteiger partial charge in [0.05, 0.1) is 23.4 Å². The molecule has 1 N–H and O–H groups in total. The Labute approximate surface area is 139 Å². The minimum absolute atomic E-state index is 0.0283. The quantitative estimate of drug-likeness (QED) is 0.935. The van der Waals surface area contributed by atoms with Crippen molar-refractivity contribution in [1.29, 1.82) is 5.26 Å². The molecule has 3 rings (SSSR count). The van der Waals surface area contributed by atoms with Gasteiger partial charge in [-0.05, 0) is 43.2 Å². The summed E-state index contributed by atoms with van der Waals surface area (Å²) in [6.07, 6.45) is 3.32. The van der Waals surface area contributed by atoms with Crippen LogP contribution in [0.1, 0.15) is 24.2 Å². The minimum Gasteiger partial charge on any atom is -0.467 e. The lowest BCUT2D eigenvalue weighted by molar-refractivity contribution is -0.122. The summed E-state index contributed by atoms with van der Waals surface area (Å²) in [5.41, 5.74) is 1.30. The average molecular weight is 330 g/mol. The van der Waals surface area contributed by atoms with Crippen molar-refractivity contribution >= 4 is 23.2 Å². The number of halogens is 1. The van der Waals surface area contributed by atoms with Crippen LogP contribution < -0.4 is 10.2 Å². The van der Waals surface area contributed by atoms with E-state index in [-0.39, 0.29) is 11.9 Å². The molecular weight excluding hydrogens is 314 g/mol. The molecule has 0 saturated carbocycles. The van der Waals surface area contributed by atoms with E-state index in [0.29, 0.717) is 17.1 Å². The Bertz CT molecular complexity index is 737. The molecule has 2 aromatic rings. The van der Waals surface area contributed by atoms with Crippen molar-refractivity contribution < 1.29 is 9.21 Å². The van der Waals surface area contributed by atoms with E-state index in [1.165, 1.54) is 0 Å².